The van der Waals surface area contributed by atoms with Crippen LogP contribution in [-0.2, 0) is 4.79 Å². The van der Waals surface area contributed by atoms with Gasteiger partial charge in [-0.1, -0.05) is 19.0 Å². The molecule has 21 heavy (non-hydrogen) atoms. The Bertz CT molecular complexity index is 457. The third-order valence-corrected chi connectivity index (χ3v) is 3.89. The Morgan fingerprint density at radius 2 is 2.43 bits per heavy atom. The highest BCUT2D eigenvalue weighted by Crippen LogP contribution is 2.20. The first-order valence-corrected chi connectivity index (χ1v) is 7.68. The van der Waals surface area contributed by atoms with Gasteiger partial charge in [0.1, 0.15) is 0 Å². The van der Waals surface area contributed by atoms with Crippen LogP contribution in [0.3, 0.4) is 0 Å². The van der Waals surface area contributed by atoms with Crippen molar-refractivity contribution in [2.45, 2.75) is 39.0 Å². The van der Waals surface area contributed by atoms with Crippen LogP contribution in [0, 0.1) is 5.92 Å². The van der Waals surface area contributed by atoms with Gasteiger partial charge in [0, 0.05) is 19.2 Å². The highest BCUT2D eigenvalue weighted by molar-refractivity contribution is 5.90. The maximum Gasteiger partial charge on any atom is 0.240 e. The summed E-state index contributed by atoms with van der Waals surface area (Å²) < 4.78 is 5.11. The lowest BCUT2D eigenvalue weighted by molar-refractivity contribution is -0.117. The largest absolute Gasteiger partial charge is 0.396 e. The number of carbonyl (C=O) groups is 1. The second-order valence-electron chi connectivity index (χ2n) is 6.07. The molecule has 1 amide bonds. The molecule has 1 unspecified atom stereocenters. The van der Waals surface area contributed by atoms with E-state index >= 15 is 0 Å². The summed E-state index contributed by atoms with van der Waals surface area (Å²) in [5.41, 5.74) is 0.839. The van der Waals surface area contributed by atoms with Gasteiger partial charge in [-0.2, -0.15) is 0 Å². The van der Waals surface area contributed by atoms with Gasteiger partial charge in [-0.3, -0.25) is 15.0 Å². The van der Waals surface area contributed by atoms with Crippen molar-refractivity contribution in [2.75, 3.05) is 31.6 Å². The predicted molar refractivity (Wildman–Crippen MR) is 80.1 cm³/mol. The van der Waals surface area contributed by atoms with Crippen molar-refractivity contribution in [3.8, 4) is 0 Å². The quantitative estimate of drug-likeness (QED) is 0.837. The Morgan fingerprint density at radius 3 is 3.10 bits per heavy atom. The average Bonchev–Trinajstić information content (AvgIpc) is 2.88. The first-order valence-electron chi connectivity index (χ1n) is 7.68. The van der Waals surface area contributed by atoms with Crippen LogP contribution in [0.15, 0.2) is 10.6 Å². The van der Waals surface area contributed by atoms with E-state index in [4.69, 9.17) is 9.63 Å². The van der Waals surface area contributed by atoms with Gasteiger partial charge in [-0.05, 0) is 37.6 Å². The van der Waals surface area contributed by atoms with Crippen LogP contribution in [0.25, 0.3) is 0 Å². The highest BCUT2D eigenvalue weighted by atomic mass is 16.5. The van der Waals surface area contributed by atoms with E-state index in [2.05, 4.69) is 15.4 Å². The smallest absolute Gasteiger partial charge is 0.240 e. The first kappa shape index (κ1) is 16.0. The average molecular weight is 295 g/mol. The summed E-state index contributed by atoms with van der Waals surface area (Å²) in [5, 5.41) is 15.7. The zero-order valence-corrected chi connectivity index (χ0v) is 12.8. The van der Waals surface area contributed by atoms with Gasteiger partial charge < -0.3 is 9.63 Å². The zero-order chi connectivity index (χ0) is 15.2. The summed E-state index contributed by atoms with van der Waals surface area (Å²) in [7, 11) is 0. The molecule has 2 heterocycles. The molecule has 118 valence electrons. The Kier molecular flexibility index (Phi) is 5.76. The normalized spacial score (nSPS) is 19.9. The number of aromatic nitrogens is 1. The molecule has 1 aromatic heterocycles. The van der Waals surface area contributed by atoms with Gasteiger partial charge in [0.25, 0.3) is 0 Å². The maximum atomic E-state index is 12.0. The molecule has 2 N–H and O–H groups in total. The van der Waals surface area contributed by atoms with Gasteiger partial charge in [-0.15, -0.1) is 0 Å². The summed E-state index contributed by atoms with van der Waals surface area (Å²) in [4.78, 5) is 14.2. The van der Waals surface area contributed by atoms with Crippen molar-refractivity contribution < 1.29 is 14.4 Å². The third kappa shape index (κ3) is 4.82. The van der Waals surface area contributed by atoms with Crippen LogP contribution in [-0.4, -0.2) is 47.3 Å². The summed E-state index contributed by atoms with van der Waals surface area (Å²) in [6, 6.07) is 1.77. The highest BCUT2D eigenvalue weighted by Gasteiger charge is 2.21. The zero-order valence-electron chi connectivity index (χ0n) is 12.8. The predicted octanol–water partition coefficient (Wildman–Crippen LogP) is 1.83. The number of anilines is 1. The minimum atomic E-state index is -0.0777. The van der Waals surface area contributed by atoms with Crippen molar-refractivity contribution in [1.29, 1.82) is 0 Å². The summed E-state index contributed by atoms with van der Waals surface area (Å²) >= 11 is 0. The third-order valence-electron chi connectivity index (χ3n) is 3.89. The number of carbonyl (C=O) groups excluding carboxylic acids is 1. The van der Waals surface area contributed by atoms with Crippen LogP contribution < -0.4 is 5.32 Å². The van der Waals surface area contributed by atoms with E-state index in [-0.39, 0.29) is 18.4 Å². The second-order valence-corrected chi connectivity index (χ2v) is 6.07. The molecule has 1 aromatic rings. The SMILES string of the molecule is CC(C)c1cc(NC(=O)CN2CCCC(CCO)C2)on1. The van der Waals surface area contributed by atoms with E-state index in [0.717, 1.165) is 38.0 Å². The number of amides is 1. The number of likely N-dealkylation sites (tertiary alicyclic amines) is 1. The van der Waals surface area contributed by atoms with Crippen molar-refractivity contribution in [2.24, 2.45) is 5.92 Å². The molecular weight excluding hydrogens is 270 g/mol. The minimum Gasteiger partial charge on any atom is -0.396 e. The Morgan fingerprint density at radius 1 is 1.62 bits per heavy atom. The lowest BCUT2D eigenvalue weighted by Gasteiger charge is -2.31. The van der Waals surface area contributed by atoms with Crippen LogP contribution in [0.5, 0.6) is 0 Å². The molecule has 1 saturated heterocycles. The monoisotopic (exact) mass is 295 g/mol. The van der Waals surface area contributed by atoms with Gasteiger partial charge in [0.15, 0.2) is 0 Å². The van der Waals surface area contributed by atoms with E-state index in [0.29, 0.717) is 18.3 Å². The number of hydrogen-bond donors (Lipinski definition) is 2. The van der Waals surface area contributed by atoms with Crippen molar-refractivity contribution in [3.05, 3.63) is 11.8 Å². The Labute approximate surface area is 125 Å². The van der Waals surface area contributed by atoms with Crippen molar-refractivity contribution in [3.63, 3.8) is 0 Å². The summed E-state index contributed by atoms with van der Waals surface area (Å²) in [6.45, 7) is 6.45. The number of rotatable bonds is 6. The Balaban J connectivity index is 1.80. The van der Waals surface area contributed by atoms with Crippen LogP contribution in [0.4, 0.5) is 5.88 Å². The molecule has 1 fully saturated rings. The molecule has 1 atom stereocenters. The summed E-state index contributed by atoms with van der Waals surface area (Å²) in [5.74, 6) is 1.11. The Hall–Kier alpha value is -1.40. The van der Waals surface area contributed by atoms with E-state index in [1.165, 1.54) is 0 Å². The first-order chi connectivity index (χ1) is 10.1. The van der Waals surface area contributed by atoms with E-state index in [9.17, 15) is 4.79 Å². The number of hydrogen-bond acceptors (Lipinski definition) is 5. The molecule has 0 aliphatic carbocycles. The molecule has 0 bridgehead atoms. The summed E-state index contributed by atoms with van der Waals surface area (Å²) in [6.07, 6.45) is 3.04. The number of nitrogens with zero attached hydrogens (tertiary/aromatic N) is 2. The van der Waals surface area contributed by atoms with Crippen molar-refractivity contribution >= 4 is 11.8 Å². The molecule has 0 aromatic carbocycles. The molecule has 2 rings (SSSR count). The fourth-order valence-corrected chi connectivity index (χ4v) is 2.71. The number of piperidine rings is 1. The van der Waals surface area contributed by atoms with Crippen LogP contribution >= 0.6 is 0 Å². The molecule has 0 spiro atoms. The van der Waals surface area contributed by atoms with Crippen LogP contribution in [0.1, 0.15) is 44.7 Å². The second kappa shape index (κ2) is 7.56. The van der Waals surface area contributed by atoms with Gasteiger partial charge in [0.05, 0.1) is 12.2 Å². The fraction of sp³-hybridized carbons (Fsp3) is 0.733. The number of aliphatic hydroxyl groups is 1. The minimum absolute atomic E-state index is 0.0777. The fourth-order valence-electron chi connectivity index (χ4n) is 2.71. The van der Waals surface area contributed by atoms with Gasteiger partial charge >= 0.3 is 0 Å². The maximum absolute atomic E-state index is 12.0. The lowest BCUT2D eigenvalue weighted by atomic mass is 9.95. The number of aliphatic hydroxyl groups excluding tert-OH is 1. The van der Waals surface area contributed by atoms with Gasteiger partial charge in [-0.25, -0.2) is 0 Å². The standard InChI is InChI=1S/C15H25N3O3/c1-11(2)13-8-15(21-17-13)16-14(20)10-18-6-3-4-12(9-18)5-7-19/h8,11-12,19H,3-7,9-10H2,1-2H3,(H,16,20). The van der Waals surface area contributed by atoms with Crippen molar-refractivity contribution in [1.82, 2.24) is 10.1 Å². The topological polar surface area (TPSA) is 78.6 Å². The lowest BCUT2D eigenvalue weighted by Crippen LogP contribution is -2.40. The van der Waals surface area contributed by atoms with Gasteiger partial charge in [0.2, 0.25) is 11.8 Å². The number of nitrogens with one attached hydrogen (secondary N) is 1. The molecule has 1 aliphatic rings. The van der Waals surface area contributed by atoms with E-state index in [1.54, 1.807) is 6.07 Å². The molecule has 0 radical (unpaired) electrons. The molecule has 6 heteroatoms. The molecular formula is C15H25N3O3. The van der Waals surface area contributed by atoms with E-state index in [1.807, 2.05) is 13.8 Å². The van der Waals surface area contributed by atoms with Crippen LogP contribution in [0.2, 0.25) is 0 Å². The molecule has 1 aliphatic heterocycles. The molecule has 0 saturated carbocycles. The van der Waals surface area contributed by atoms with E-state index < -0.39 is 0 Å². The molecule has 6 nitrogen and oxygen atoms in total.